The summed E-state index contributed by atoms with van der Waals surface area (Å²) >= 11 is 0. The predicted molar refractivity (Wildman–Crippen MR) is 122 cm³/mol. The van der Waals surface area contributed by atoms with E-state index in [1.165, 1.54) is 0 Å². The zero-order chi connectivity index (χ0) is 21.1. The monoisotopic (exact) mass is 406 g/mol. The highest BCUT2D eigenvalue weighted by Gasteiger charge is 2.13. The van der Waals surface area contributed by atoms with Crippen LogP contribution in [0.2, 0.25) is 0 Å². The Morgan fingerprint density at radius 3 is 2.29 bits per heavy atom. The second-order valence-electron chi connectivity index (χ2n) is 7.51. The van der Waals surface area contributed by atoms with Crippen LogP contribution in [-0.4, -0.2) is 31.2 Å². The third-order valence-electron chi connectivity index (χ3n) is 5.79. The number of phenolic OH excluding ortho intramolecular Hbond substituents is 2. The Balaban J connectivity index is 1.66. The number of imidazole rings is 1. The number of benzene rings is 3. The van der Waals surface area contributed by atoms with E-state index < -0.39 is 0 Å². The first-order chi connectivity index (χ1) is 15.2. The average molecular weight is 406 g/mol. The van der Waals surface area contributed by atoms with Crippen molar-refractivity contribution in [3.05, 3.63) is 84.6 Å². The zero-order valence-corrected chi connectivity index (χ0v) is 16.7. The fraction of sp³-hybridized carbons (Fsp3) is 0.0400. The fourth-order valence-corrected chi connectivity index (χ4v) is 4.37. The number of hydrogen-bond donors (Lipinski definition) is 2. The van der Waals surface area contributed by atoms with Gasteiger partial charge in [0.15, 0.2) is 0 Å². The molecule has 0 fully saturated rings. The Kier molecular flexibility index (Phi) is 3.58. The van der Waals surface area contributed by atoms with Crippen LogP contribution in [0.15, 0.2) is 84.1 Å². The third kappa shape index (κ3) is 2.45. The van der Waals surface area contributed by atoms with E-state index in [1.807, 2.05) is 76.0 Å². The Labute approximate surface area is 176 Å². The molecule has 3 aromatic carbocycles. The summed E-state index contributed by atoms with van der Waals surface area (Å²) in [6.07, 6.45) is 3.92. The number of hydrogen-bond acceptors (Lipinski definition) is 4. The molecule has 0 radical (unpaired) electrons. The minimum atomic E-state index is 0.197. The van der Waals surface area contributed by atoms with Crippen molar-refractivity contribution in [3.8, 4) is 17.2 Å². The molecule has 0 bridgehead atoms. The maximum absolute atomic E-state index is 10.4. The second kappa shape index (κ2) is 6.34. The molecule has 31 heavy (non-hydrogen) atoms. The number of pyridine rings is 2. The Morgan fingerprint density at radius 1 is 0.806 bits per heavy atom. The lowest BCUT2D eigenvalue weighted by Crippen LogP contribution is -2.19. The molecular weight excluding hydrogens is 388 g/mol. The summed E-state index contributed by atoms with van der Waals surface area (Å²) in [5.41, 5.74) is 4.02. The molecule has 3 heterocycles. The van der Waals surface area contributed by atoms with Gasteiger partial charge >= 0.3 is 0 Å². The summed E-state index contributed by atoms with van der Waals surface area (Å²) in [6, 6.07) is 20.9. The molecule has 6 heteroatoms. The molecular formula is C25H18N4O2. The van der Waals surface area contributed by atoms with Crippen LogP contribution in [0.5, 0.6) is 11.5 Å². The first-order valence-electron chi connectivity index (χ1n) is 9.95. The lowest BCUT2D eigenvalue weighted by atomic mass is 10.1. The second-order valence-corrected chi connectivity index (χ2v) is 7.51. The number of nitrogens with zero attached hydrogens (tertiary/aromatic N) is 4. The van der Waals surface area contributed by atoms with Gasteiger partial charge in [0, 0.05) is 25.1 Å². The molecule has 0 aliphatic heterocycles. The van der Waals surface area contributed by atoms with E-state index in [9.17, 15) is 10.2 Å². The van der Waals surface area contributed by atoms with Gasteiger partial charge in [-0.1, -0.05) is 24.3 Å². The van der Waals surface area contributed by atoms with Crippen LogP contribution in [0.4, 0.5) is 0 Å². The molecule has 3 aromatic heterocycles. The molecule has 0 atom stereocenters. The van der Waals surface area contributed by atoms with E-state index in [0.29, 0.717) is 16.5 Å². The Morgan fingerprint density at radius 2 is 1.52 bits per heavy atom. The first-order valence-corrected chi connectivity index (χ1v) is 9.95. The molecule has 150 valence electrons. The molecule has 0 aliphatic carbocycles. The van der Waals surface area contributed by atoms with Crippen LogP contribution >= 0.6 is 0 Å². The summed E-state index contributed by atoms with van der Waals surface area (Å²) in [7, 11) is 1.72. The lowest BCUT2D eigenvalue weighted by molar-refractivity contribution is 0.480. The van der Waals surface area contributed by atoms with Crippen molar-refractivity contribution in [2.75, 3.05) is 7.05 Å². The summed E-state index contributed by atoms with van der Waals surface area (Å²) < 4.78 is 3.93. The van der Waals surface area contributed by atoms with Crippen LogP contribution in [-0.2, 0) is 0 Å². The summed E-state index contributed by atoms with van der Waals surface area (Å²) in [5, 5.41) is 24.2. The van der Waals surface area contributed by atoms with E-state index in [0.717, 1.165) is 32.9 Å². The Hall–Kier alpha value is -4.32. The van der Waals surface area contributed by atoms with Crippen LogP contribution < -0.4 is 5.49 Å². The molecule has 0 spiro atoms. The van der Waals surface area contributed by atoms with Crippen molar-refractivity contribution in [1.82, 2.24) is 14.0 Å². The molecule has 6 aromatic rings. The van der Waals surface area contributed by atoms with Crippen LogP contribution in [0, 0.1) is 0 Å². The minimum Gasteiger partial charge on any atom is -0.507 e. The van der Waals surface area contributed by atoms with Gasteiger partial charge in [-0.15, -0.1) is 0 Å². The van der Waals surface area contributed by atoms with Gasteiger partial charge in [0.25, 0.3) is 0 Å². The van der Waals surface area contributed by atoms with Gasteiger partial charge in [-0.2, -0.15) is 0 Å². The quantitative estimate of drug-likeness (QED) is 0.421. The molecule has 6 nitrogen and oxygen atoms in total. The van der Waals surface area contributed by atoms with Crippen molar-refractivity contribution in [1.29, 1.82) is 0 Å². The normalized spacial score (nSPS) is 12.5. The van der Waals surface area contributed by atoms with Gasteiger partial charge in [-0.25, -0.2) is 4.98 Å². The average Bonchev–Trinajstić information content (AvgIpc) is 3.16. The van der Waals surface area contributed by atoms with E-state index in [1.54, 1.807) is 19.2 Å². The maximum Gasteiger partial charge on any atom is 0.149 e. The van der Waals surface area contributed by atoms with Gasteiger partial charge < -0.3 is 14.8 Å². The SMILES string of the molecule is CN=c1c2c(O)cccc2ccn1-c1ccc2c(c1)nc1c3c(O)cccc3ccn21. The van der Waals surface area contributed by atoms with E-state index in [4.69, 9.17) is 4.98 Å². The number of aromatic hydroxyl groups is 2. The number of rotatable bonds is 1. The van der Waals surface area contributed by atoms with Crippen LogP contribution in [0.1, 0.15) is 0 Å². The maximum atomic E-state index is 10.4. The van der Waals surface area contributed by atoms with Gasteiger partial charge in [0.05, 0.1) is 21.8 Å². The van der Waals surface area contributed by atoms with E-state index in [-0.39, 0.29) is 11.5 Å². The molecule has 6 rings (SSSR count). The largest absolute Gasteiger partial charge is 0.507 e. The highest BCUT2D eigenvalue weighted by Crippen LogP contribution is 2.31. The van der Waals surface area contributed by atoms with Crippen molar-refractivity contribution in [2.24, 2.45) is 4.99 Å². The lowest BCUT2D eigenvalue weighted by Gasteiger charge is -2.11. The zero-order valence-electron chi connectivity index (χ0n) is 16.7. The van der Waals surface area contributed by atoms with Gasteiger partial charge in [0.1, 0.15) is 22.6 Å². The minimum absolute atomic E-state index is 0.197. The highest BCUT2D eigenvalue weighted by molar-refractivity contribution is 6.02. The predicted octanol–water partition coefficient (Wildman–Crippen LogP) is 4.53. The number of fused-ring (bicyclic) bond motifs is 6. The van der Waals surface area contributed by atoms with Gasteiger partial charge in [-0.3, -0.25) is 9.39 Å². The molecule has 0 amide bonds. The molecule has 0 saturated carbocycles. The standard InChI is InChI=1S/C25H18N4O2/c1-26-24-22-15(4-2-6-20(22)30)10-12-28(24)17-8-9-19-18(14-17)27-25-23-16(11-13-29(19)25)5-3-7-21(23)31/h2-14,30-31H,1H3. The summed E-state index contributed by atoms with van der Waals surface area (Å²) in [4.78, 5) is 9.29. The van der Waals surface area contributed by atoms with Gasteiger partial charge in [0.2, 0.25) is 0 Å². The van der Waals surface area contributed by atoms with Crippen LogP contribution in [0.25, 0.3) is 43.9 Å². The highest BCUT2D eigenvalue weighted by atomic mass is 16.3. The summed E-state index contributed by atoms with van der Waals surface area (Å²) in [6.45, 7) is 0. The van der Waals surface area contributed by atoms with E-state index >= 15 is 0 Å². The molecule has 2 N–H and O–H groups in total. The van der Waals surface area contributed by atoms with Crippen molar-refractivity contribution < 1.29 is 10.2 Å². The Bertz CT molecular complexity index is 1730. The number of aromatic nitrogens is 3. The van der Waals surface area contributed by atoms with Crippen molar-refractivity contribution in [3.63, 3.8) is 0 Å². The van der Waals surface area contributed by atoms with E-state index in [2.05, 4.69) is 4.99 Å². The smallest absolute Gasteiger partial charge is 0.149 e. The van der Waals surface area contributed by atoms with Gasteiger partial charge in [-0.05, 0) is 53.2 Å². The molecule has 0 saturated heterocycles. The molecule has 0 aliphatic rings. The third-order valence-corrected chi connectivity index (χ3v) is 5.79. The van der Waals surface area contributed by atoms with Crippen molar-refractivity contribution >= 4 is 38.2 Å². The van der Waals surface area contributed by atoms with Crippen LogP contribution in [0.3, 0.4) is 0 Å². The fourth-order valence-electron chi connectivity index (χ4n) is 4.37. The summed E-state index contributed by atoms with van der Waals surface area (Å²) in [5.74, 6) is 0.410. The van der Waals surface area contributed by atoms with Crippen molar-refractivity contribution in [2.45, 2.75) is 0 Å². The molecule has 0 unspecified atom stereocenters. The first kappa shape index (κ1) is 17.5. The topological polar surface area (TPSA) is 75.0 Å². The number of phenols is 2.